The zero-order valence-electron chi connectivity index (χ0n) is 12.8. The monoisotopic (exact) mass is 330 g/mol. The molecular formula is C17H19ClN4O. The van der Waals surface area contributed by atoms with Crippen LogP contribution in [0.4, 0.5) is 5.95 Å². The average Bonchev–Trinajstić information content (AvgIpc) is 2.61. The number of halogens is 1. The van der Waals surface area contributed by atoms with Crippen molar-refractivity contribution in [3.05, 3.63) is 53.3 Å². The van der Waals surface area contributed by atoms with Crippen LogP contribution in [0.25, 0.3) is 0 Å². The number of benzene rings is 1. The lowest BCUT2D eigenvalue weighted by atomic mass is 9.97. The molecule has 2 heterocycles. The van der Waals surface area contributed by atoms with E-state index in [-0.39, 0.29) is 11.8 Å². The first-order valence-electron chi connectivity index (χ1n) is 7.76. The summed E-state index contributed by atoms with van der Waals surface area (Å²) in [6, 6.07) is 9.33. The Labute approximate surface area is 140 Å². The van der Waals surface area contributed by atoms with E-state index >= 15 is 0 Å². The third-order valence-electron chi connectivity index (χ3n) is 3.98. The first-order chi connectivity index (χ1) is 11.2. The van der Waals surface area contributed by atoms with Crippen LogP contribution in [-0.4, -0.2) is 29.0 Å². The van der Waals surface area contributed by atoms with Crippen LogP contribution in [0.3, 0.4) is 0 Å². The van der Waals surface area contributed by atoms with Crippen LogP contribution < -0.4 is 10.2 Å². The molecule has 2 aromatic rings. The molecule has 1 N–H and O–H groups in total. The third kappa shape index (κ3) is 4.20. The number of hydrogen-bond donors (Lipinski definition) is 1. The number of piperidine rings is 1. The molecule has 1 amide bonds. The van der Waals surface area contributed by atoms with E-state index in [9.17, 15) is 4.79 Å². The normalized spacial score (nSPS) is 17.8. The number of carbonyl (C=O) groups excluding carboxylic acids is 1. The minimum absolute atomic E-state index is 0.0354. The summed E-state index contributed by atoms with van der Waals surface area (Å²) in [5.41, 5.74) is 1.00. The third-order valence-corrected chi connectivity index (χ3v) is 4.22. The molecule has 6 heteroatoms. The molecular weight excluding hydrogens is 312 g/mol. The first kappa shape index (κ1) is 15.7. The van der Waals surface area contributed by atoms with Gasteiger partial charge in [0, 0.05) is 37.1 Å². The highest BCUT2D eigenvalue weighted by Crippen LogP contribution is 2.20. The number of hydrogen-bond acceptors (Lipinski definition) is 4. The molecule has 1 aliphatic heterocycles. The van der Waals surface area contributed by atoms with Crippen LogP contribution in [0.2, 0.25) is 5.02 Å². The summed E-state index contributed by atoms with van der Waals surface area (Å²) in [6.45, 7) is 2.05. The number of rotatable bonds is 4. The van der Waals surface area contributed by atoms with Crippen LogP contribution in [0.5, 0.6) is 0 Å². The Hall–Kier alpha value is -2.14. The summed E-state index contributed by atoms with van der Waals surface area (Å²) >= 11 is 5.96. The van der Waals surface area contributed by atoms with Gasteiger partial charge in [-0.2, -0.15) is 0 Å². The smallest absolute Gasteiger partial charge is 0.225 e. The number of anilines is 1. The predicted molar refractivity (Wildman–Crippen MR) is 90.3 cm³/mol. The lowest BCUT2D eigenvalue weighted by molar-refractivity contribution is -0.125. The van der Waals surface area contributed by atoms with Gasteiger partial charge in [-0.3, -0.25) is 4.79 Å². The van der Waals surface area contributed by atoms with E-state index in [0.29, 0.717) is 24.1 Å². The Kier molecular flexibility index (Phi) is 5.08. The van der Waals surface area contributed by atoms with Crippen LogP contribution in [-0.2, 0) is 11.3 Å². The highest BCUT2D eigenvalue weighted by Gasteiger charge is 2.26. The molecule has 0 saturated carbocycles. The highest BCUT2D eigenvalue weighted by molar-refractivity contribution is 6.30. The van der Waals surface area contributed by atoms with Gasteiger partial charge in [0.05, 0.1) is 5.92 Å². The van der Waals surface area contributed by atoms with Gasteiger partial charge in [0.2, 0.25) is 11.9 Å². The van der Waals surface area contributed by atoms with Crippen molar-refractivity contribution in [3.8, 4) is 0 Å². The molecule has 0 bridgehead atoms. The number of nitrogens with zero attached hydrogens (tertiary/aromatic N) is 3. The second kappa shape index (κ2) is 7.42. The molecule has 0 unspecified atom stereocenters. The lowest BCUT2D eigenvalue weighted by Crippen LogP contribution is -2.43. The van der Waals surface area contributed by atoms with E-state index < -0.39 is 0 Å². The number of carbonyl (C=O) groups is 1. The largest absolute Gasteiger partial charge is 0.352 e. The maximum Gasteiger partial charge on any atom is 0.225 e. The van der Waals surface area contributed by atoms with E-state index in [1.165, 1.54) is 0 Å². The fourth-order valence-corrected chi connectivity index (χ4v) is 3.02. The van der Waals surface area contributed by atoms with Gasteiger partial charge >= 0.3 is 0 Å². The average molecular weight is 331 g/mol. The van der Waals surface area contributed by atoms with Gasteiger partial charge in [0.25, 0.3) is 0 Å². The minimum atomic E-state index is -0.0354. The summed E-state index contributed by atoms with van der Waals surface area (Å²) in [6.07, 6.45) is 5.31. The molecule has 23 heavy (non-hydrogen) atoms. The van der Waals surface area contributed by atoms with Gasteiger partial charge in [-0.25, -0.2) is 9.97 Å². The Bertz CT molecular complexity index is 665. The molecule has 1 aromatic heterocycles. The van der Waals surface area contributed by atoms with E-state index in [1.54, 1.807) is 18.5 Å². The molecule has 1 saturated heterocycles. The summed E-state index contributed by atoms with van der Waals surface area (Å²) in [7, 11) is 0. The second-order valence-electron chi connectivity index (χ2n) is 5.68. The lowest BCUT2D eigenvalue weighted by Gasteiger charge is -2.31. The molecule has 5 nitrogen and oxygen atoms in total. The quantitative estimate of drug-likeness (QED) is 0.936. The molecule has 0 spiro atoms. The van der Waals surface area contributed by atoms with Crippen LogP contribution >= 0.6 is 11.6 Å². The van der Waals surface area contributed by atoms with Crippen molar-refractivity contribution in [1.82, 2.24) is 15.3 Å². The van der Waals surface area contributed by atoms with Crippen molar-refractivity contribution in [2.75, 3.05) is 18.0 Å². The number of amides is 1. The summed E-state index contributed by atoms with van der Waals surface area (Å²) < 4.78 is 0. The maximum absolute atomic E-state index is 12.4. The van der Waals surface area contributed by atoms with E-state index in [4.69, 9.17) is 11.6 Å². The molecule has 1 atom stereocenters. The zero-order valence-corrected chi connectivity index (χ0v) is 13.5. The van der Waals surface area contributed by atoms with Crippen molar-refractivity contribution in [2.24, 2.45) is 5.92 Å². The molecule has 3 rings (SSSR count). The molecule has 120 valence electrons. The first-order valence-corrected chi connectivity index (χ1v) is 8.14. The fraction of sp³-hybridized carbons (Fsp3) is 0.353. The SMILES string of the molecule is O=C(NCc1cccc(Cl)c1)[C@@H]1CCCN(c2ncccn2)C1. The standard InChI is InChI=1S/C17H19ClN4O/c18-15-6-1-4-13(10-15)11-21-16(23)14-5-2-9-22(12-14)17-19-7-3-8-20-17/h1,3-4,6-8,10,14H,2,5,9,11-12H2,(H,21,23)/t14-/m1/s1. The van der Waals surface area contributed by atoms with Crippen LogP contribution in [0.15, 0.2) is 42.7 Å². The predicted octanol–water partition coefficient (Wildman–Crippen LogP) is 2.66. The minimum Gasteiger partial charge on any atom is -0.352 e. The molecule has 1 fully saturated rings. The second-order valence-corrected chi connectivity index (χ2v) is 6.12. The summed E-state index contributed by atoms with van der Waals surface area (Å²) in [5, 5.41) is 3.69. The van der Waals surface area contributed by atoms with Crippen molar-refractivity contribution in [3.63, 3.8) is 0 Å². The van der Waals surface area contributed by atoms with Crippen molar-refractivity contribution < 1.29 is 4.79 Å². The van der Waals surface area contributed by atoms with Gasteiger partial charge in [-0.1, -0.05) is 23.7 Å². The van der Waals surface area contributed by atoms with E-state index in [1.807, 2.05) is 24.3 Å². The topological polar surface area (TPSA) is 58.1 Å². The highest BCUT2D eigenvalue weighted by atomic mass is 35.5. The van der Waals surface area contributed by atoms with Crippen LogP contribution in [0, 0.1) is 5.92 Å². The molecule has 0 radical (unpaired) electrons. The number of aromatic nitrogens is 2. The molecule has 1 aromatic carbocycles. The summed E-state index contributed by atoms with van der Waals surface area (Å²) in [4.78, 5) is 23.0. The fourth-order valence-electron chi connectivity index (χ4n) is 2.81. The van der Waals surface area contributed by atoms with Gasteiger partial charge in [0.15, 0.2) is 0 Å². The van der Waals surface area contributed by atoms with Gasteiger partial charge < -0.3 is 10.2 Å². The Balaban J connectivity index is 1.57. The Morgan fingerprint density at radius 2 is 2.13 bits per heavy atom. The maximum atomic E-state index is 12.4. The Morgan fingerprint density at radius 3 is 2.91 bits per heavy atom. The zero-order chi connectivity index (χ0) is 16.1. The van der Waals surface area contributed by atoms with Crippen molar-refractivity contribution in [1.29, 1.82) is 0 Å². The molecule has 1 aliphatic rings. The van der Waals surface area contributed by atoms with Gasteiger partial charge in [-0.15, -0.1) is 0 Å². The van der Waals surface area contributed by atoms with Gasteiger partial charge in [0.1, 0.15) is 0 Å². The molecule has 0 aliphatic carbocycles. The summed E-state index contributed by atoms with van der Waals surface area (Å²) in [5.74, 6) is 0.734. The van der Waals surface area contributed by atoms with E-state index in [0.717, 1.165) is 24.9 Å². The van der Waals surface area contributed by atoms with Crippen molar-refractivity contribution in [2.45, 2.75) is 19.4 Å². The van der Waals surface area contributed by atoms with Gasteiger partial charge in [-0.05, 0) is 36.6 Å². The van der Waals surface area contributed by atoms with Crippen LogP contribution in [0.1, 0.15) is 18.4 Å². The Morgan fingerprint density at radius 1 is 1.30 bits per heavy atom. The van der Waals surface area contributed by atoms with E-state index in [2.05, 4.69) is 20.2 Å². The van der Waals surface area contributed by atoms with Crippen molar-refractivity contribution >= 4 is 23.5 Å². The number of nitrogens with one attached hydrogen (secondary N) is 1.